The molecule has 0 radical (unpaired) electrons. The standard InChI is InChI=1S/C22H30N2O/c1-19(8-9-20-10-12-22(25-2)13-11-20)24-16-14-23(15-17-24)18-21-6-4-3-5-7-21/h3-7,10-13,19H,8-9,14-18H2,1-2H3/t19-/m1/s1. The van der Waals surface area contributed by atoms with Crippen molar-refractivity contribution in [3.8, 4) is 5.75 Å². The molecule has 0 N–H and O–H groups in total. The average Bonchev–Trinajstić information content (AvgIpc) is 2.68. The molecule has 25 heavy (non-hydrogen) atoms. The van der Waals surface area contributed by atoms with E-state index < -0.39 is 0 Å². The van der Waals surface area contributed by atoms with Crippen LogP contribution in [-0.4, -0.2) is 49.1 Å². The van der Waals surface area contributed by atoms with Gasteiger partial charge in [-0.15, -0.1) is 0 Å². The maximum Gasteiger partial charge on any atom is 0.118 e. The minimum atomic E-state index is 0.640. The molecule has 1 atom stereocenters. The molecule has 1 saturated heterocycles. The van der Waals surface area contributed by atoms with Gasteiger partial charge in [0.2, 0.25) is 0 Å². The van der Waals surface area contributed by atoms with Gasteiger partial charge in [0.15, 0.2) is 0 Å². The van der Waals surface area contributed by atoms with Crippen molar-refractivity contribution in [2.75, 3.05) is 33.3 Å². The first-order valence-electron chi connectivity index (χ1n) is 9.38. The van der Waals surface area contributed by atoms with Crippen LogP contribution in [0.15, 0.2) is 54.6 Å². The number of nitrogens with zero attached hydrogens (tertiary/aromatic N) is 2. The molecule has 0 bridgehead atoms. The minimum Gasteiger partial charge on any atom is -0.497 e. The van der Waals surface area contributed by atoms with Crippen molar-refractivity contribution < 1.29 is 4.74 Å². The summed E-state index contributed by atoms with van der Waals surface area (Å²) in [4.78, 5) is 5.22. The van der Waals surface area contributed by atoms with Crippen molar-refractivity contribution in [2.24, 2.45) is 0 Å². The summed E-state index contributed by atoms with van der Waals surface area (Å²) in [6.07, 6.45) is 2.35. The van der Waals surface area contributed by atoms with Crippen molar-refractivity contribution in [2.45, 2.75) is 32.4 Å². The van der Waals surface area contributed by atoms with E-state index in [0.29, 0.717) is 6.04 Å². The van der Waals surface area contributed by atoms with E-state index in [2.05, 4.69) is 71.3 Å². The van der Waals surface area contributed by atoms with Gasteiger partial charge in [-0.05, 0) is 43.0 Å². The van der Waals surface area contributed by atoms with E-state index in [0.717, 1.165) is 18.7 Å². The fourth-order valence-corrected chi connectivity index (χ4v) is 3.55. The lowest BCUT2D eigenvalue weighted by molar-refractivity contribution is 0.0947. The molecule has 0 amide bonds. The number of piperazine rings is 1. The summed E-state index contributed by atoms with van der Waals surface area (Å²) in [5.41, 5.74) is 2.82. The zero-order chi connectivity index (χ0) is 17.5. The van der Waals surface area contributed by atoms with Crippen molar-refractivity contribution in [1.29, 1.82) is 0 Å². The molecule has 1 fully saturated rings. The Morgan fingerprint density at radius 1 is 0.880 bits per heavy atom. The number of hydrogen-bond acceptors (Lipinski definition) is 3. The van der Waals surface area contributed by atoms with E-state index in [1.807, 2.05) is 0 Å². The van der Waals surface area contributed by atoms with Gasteiger partial charge in [-0.3, -0.25) is 9.80 Å². The van der Waals surface area contributed by atoms with Gasteiger partial charge in [0, 0.05) is 38.8 Å². The summed E-state index contributed by atoms with van der Waals surface area (Å²) in [6, 6.07) is 19.9. The lowest BCUT2D eigenvalue weighted by Gasteiger charge is -2.38. The topological polar surface area (TPSA) is 15.7 Å². The third-order valence-electron chi connectivity index (χ3n) is 5.29. The fourth-order valence-electron chi connectivity index (χ4n) is 3.55. The molecule has 2 aromatic carbocycles. The minimum absolute atomic E-state index is 0.640. The predicted molar refractivity (Wildman–Crippen MR) is 104 cm³/mol. The Hall–Kier alpha value is -1.84. The highest BCUT2D eigenvalue weighted by Crippen LogP contribution is 2.16. The van der Waals surface area contributed by atoms with E-state index in [4.69, 9.17) is 4.74 Å². The van der Waals surface area contributed by atoms with E-state index in [1.54, 1.807) is 7.11 Å². The maximum absolute atomic E-state index is 5.23. The van der Waals surface area contributed by atoms with Crippen LogP contribution >= 0.6 is 0 Å². The molecule has 0 unspecified atom stereocenters. The summed E-state index contributed by atoms with van der Waals surface area (Å²) in [5, 5.41) is 0. The number of ether oxygens (including phenoxy) is 1. The monoisotopic (exact) mass is 338 g/mol. The van der Waals surface area contributed by atoms with Gasteiger partial charge >= 0.3 is 0 Å². The molecular formula is C22H30N2O. The van der Waals surface area contributed by atoms with Gasteiger partial charge in [-0.1, -0.05) is 42.5 Å². The van der Waals surface area contributed by atoms with Crippen LogP contribution < -0.4 is 4.74 Å². The van der Waals surface area contributed by atoms with E-state index >= 15 is 0 Å². The maximum atomic E-state index is 5.23. The number of rotatable bonds is 7. The molecule has 2 aromatic rings. The van der Waals surface area contributed by atoms with Gasteiger partial charge in [-0.25, -0.2) is 0 Å². The van der Waals surface area contributed by atoms with Crippen LogP contribution in [-0.2, 0) is 13.0 Å². The third kappa shape index (κ3) is 5.32. The Kier molecular flexibility index (Phi) is 6.48. The summed E-state index contributed by atoms with van der Waals surface area (Å²) in [5.74, 6) is 0.936. The molecule has 0 aromatic heterocycles. The second-order valence-electron chi connectivity index (χ2n) is 7.03. The molecule has 1 aliphatic heterocycles. The van der Waals surface area contributed by atoms with Crippen molar-refractivity contribution >= 4 is 0 Å². The predicted octanol–water partition coefficient (Wildman–Crippen LogP) is 3.83. The van der Waals surface area contributed by atoms with Gasteiger partial charge in [0.1, 0.15) is 5.75 Å². The van der Waals surface area contributed by atoms with Gasteiger partial charge in [-0.2, -0.15) is 0 Å². The van der Waals surface area contributed by atoms with Gasteiger partial charge in [0.25, 0.3) is 0 Å². The molecule has 0 saturated carbocycles. The zero-order valence-electron chi connectivity index (χ0n) is 15.5. The van der Waals surface area contributed by atoms with Crippen LogP contribution in [0.4, 0.5) is 0 Å². The summed E-state index contributed by atoms with van der Waals surface area (Å²) in [7, 11) is 1.72. The Morgan fingerprint density at radius 3 is 2.20 bits per heavy atom. The van der Waals surface area contributed by atoms with Gasteiger partial charge < -0.3 is 4.74 Å². The highest BCUT2D eigenvalue weighted by atomic mass is 16.5. The van der Waals surface area contributed by atoms with E-state index in [-0.39, 0.29) is 0 Å². The normalized spacial score (nSPS) is 17.4. The molecule has 3 heteroatoms. The summed E-state index contributed by atoms with van der Waals surface area (Å²) >= 11 is 0. The first-order chi connectivity index (χ1) is 12.2. The fraction of sp³-hybridized carbons (Fsp3) is 0.455. The van der Waals surface area contributed by atoms with Gasteiger partial charge in [0.05, 0.1) is 7.11 Å². The second kappa shape index (κ2) is 9.02. The second-order valence-corrected chi connectivity index (χ2v) is 7.03. The molecule has 0 aliphatic carbocycles. The molecule has 134 valence electrons. The van der Waals surface area contributed by atoms with Crippen molar-refractivity contribution in [3.05, 3.63) is 65.7 Å². The largest absolute Gasteiger partial charge is 0.497 e. The molecule has 3 rings (SSSR count). The Balaban J connectivity index is 1.41. The quantitative estimate of drug-likeness (QED) is 0.763. The molecule has 3 nitrogen and oxygen atoms in total. The van der Waals surface area contributed by atoms with Crippen LogP contribution in [0, 0.1) is 0 Å². The first kappa shape index (κ1) is 18.0. The van der Waals surface area contributed by atoms with Crippen LogP contribution in [0.1, 0.15) is 24.5 Å². The number of benzene rings is 2. The number of hydrogen-bond donors (Lipinski definition) is 0. The third-order valence-corrected chi connectivity index (χ3v) is 5.29. The van der Waals surface area contributed by atoms with Crippen LogP contribution in [0.5, 0.6) is 5.75 Å². The smallest absolute Gasteiger partial charge is 0.118 e. The molecular weight excluding hydrogens is 308 g/mol. The SMILES string of the molecule is COc1ccc(CC[C@@H](C)N2CCN(Cc3ccccc3)CC2)cc1. The van der Waals surface area contributed by atoms with E-state index in [9.17, 15) is 0 Å². The average molecular weight is 338 g/mol. The number of aryl methyl sites for hydroxylation is 1. The van der Waals surface area contributed by atoms with Crippen LogP contribution in [0.3, 0.4) is 0 Å². The molecule has 1 aliphatic rings. The zero-order valence-corrected chi connectivity index (χ0v) is 15.5. The van der Waals surface area contributed by atoms with Crippen LogP contribution in [0.2, 0.25) is 0 Å². The summed E-state index contributed by atoms with van der Waals surface area (Å²) < 4.78 is 5.23. The Bertz CT molecular complexity index is 618. The Labute approximate surface area is 152 Å². The van der Waals surface area contributed by atoms with Crippen molar-refractivity contribution in [3.63, 3.8) is 0 Å². The summed E-state index contributed by atoms with van der Waals surface area (Å²) in [6.45, 7) is 8.14. The number of methoxy groups -OCH3 is 1. The Morgan fingerprint density at radius 2 is 1.56 bits per heavy atom. The van der Waals surface area contributed by atoms with E-state index in [1.165, 1.54) is 43.7 Å². The first-order valence-corrected chi connectivity index (χ1v) is 9.38. The molecule has 1 heterocycles. The lowest BCUT2D eigenvalue weighted by atomic mass is 10.0. The molecule has 0 spiro atoms. The van der Waals surface area contributed by atoms with Crippen molar-refractivity contribution in [1.82, 2.24) is 9.80 Å². The lowest BCUT2D eigenvalue weighted by Crippen LogP contribution is -2.49. The van der Waals surface area contributed by atoms with Crippen LogP contribution in [0.25, 0.3) is 0 Å². The highest BCUT2D eigenvalue weighted by molar-refractivity contribution is 5.27. The highest BCUT2D eigenvalue weighted by Gasteiger charge is 2.20.